The SMILES string of the molecule is CCCCOC(=O)C(S)c1cccc(N)c1. The van der Waals surface area contributed by atoms with E-state index in [1.54, 1.807) is 18.2 Å². The van der Waals surface area contributed by atoms with Gasteiger partial charge < -0.3 is 10.5 Å². The third-order valence-corrected chi connectivity index (χ3v) is 2.70. The highest BCUT2D eigenvalue weighted by molar-refractivity contribution is 7.81. The van der Waals surface area contributed by atoms with Crippen LogP contribution in [0.25, 0.3) is 0 Å². The number of hydrogen-bond donors (Lipinski definition) is 2. The first-order valence-corrected chi connectivity index (χ1v) is 5.87. The number of esters is 1. The van der Waals surface area contributed by atoms with Gasteiger partial charge in [0.1, 0.15) is 5.25 Å². The molecule has 0 heterocycles. The van der Waals surface area contributed by atoms with E-state index in [0.29, 0.717) is 12.3 Å². The summed E-state index contributed by atoms with van der Waals surface area (Å²) in [4.78, 5) is 11.6. The van der Waals surface area contributed by atoms with Gasteiger partial charge in [-0.15, -0.1) is 0 Å². The first kappa shape index (κ1) is 12.9. The number of carbonyl (C=O) groups is 1. The van der Waals surface area contributed by atoms with E-state index in [0.717, 1.165) is 18.4 Å². The maximum atomic E-state index is 11.6. The van der Waals surface area contributed by atoms with E-state index < -0.39 is 5.25 Å². The number of benzene rings is 1. The molecule has 1 rings (SSSR count). The number of anilines is 1. The first-order valence-electron chi connectivity index (χ1n) is 5.35. The van der Waals surface area contributed by atoms with E-state index in [2.05, 4.69) is 12.6 Å². The van der Waals surface area contributed by atoms with Crippen LogP contribution in [0.5, 0.6) is 0 Å². The van der Waals surface area contributed by atoms with Crippen LogP contribution in [0, 0.1) is 0 Å². The molecule has 0 saturated carbocycles. The zero-order chi connectivity index (χ0) is 12.0. The Morgan fingerprint density at radius 3 is 2.94 bits per heavy atom. The average Bonchev–Trinajstić information content (AvgIpc) is 2.28. The second-order valence-corrected chi connectivity index (χ2v) is 4.11. The summed E-state index contributed by atoms with van der Waals surface area (Å²) >= 11 is 4.23. The molecule has 0 aliphatic rings. The minimum atomic E-state index is -0.555. The van der Waals surface area contributed by atoms with Crippen molar-refractivity contribution < 1.29 is 9.53 Å². The van der Waals surface area contributed by atoms with Crippen molar-refractivity contribution in [2.75, 3.05) is 12.3 Å². The molecule has 0 radical (unpaired) electrons. The Labute approximate surface area is 101 Å². The van der Waals surface area contributed by atoms with E-state index in [-0.39, 0.29) is 5.97 Å². The fraction of sp³-hybridized carbons (Fsp3) is 0.417. The van der Waals surface area contributed by atoms with Gasteiger partial charge in [0, 0.05) is 5.69 Å². The van der Waals surface area contributed by atoms with Crippen LogP contribution in [0.1, 0.15) is 30.6 Å². The maximum Gasteiger partial charge on any atom is 0.323 e. The topological polar surface area (TPSA) is 52.3 Å². The highest BCUT2D eigenvalue weighted by Crippen LogP contribution is 2.23. The standard InChI is InChI=1S/C12H17NO2S/c1-2-3-7-15-12(14)11(16)9-5-4-6-10(13)8-9/h4-6,8,11,16H,2-3,7,13H2,1H3. The van der Waals surface area contributed by atoms with E-state index >= 15 is 0 Å². The fourth-order valence-electron chi connectivity index (χ4n) is 1.26. The Kier molecular flexibility index (Phi) is 5.19. The molecule has 1 unspecified atom stereocenters. The molecule has 0 fully saturated rings. The number of hydrogen-bond acceptors (Lipinski definition) is 4. The third kappa shape index (κ3) is 3.77. The zero-order valence-electron chi connectivity index (χ0n) is 9.35. The Bertz CT molecular complexity index is 355. The van der Waals surface area contributed by atoms with Crippen LogP contribution in [0.15, 0.2) is 24.3 Å². The number of thiol groups is 1. The lowest BCUT2D eigenvalue weighted by atomic mass is 10.1. The number of unbranched alkanes of at least 4 members (excludes halogenated alkanes) is 1. The van der Waals surface area contributed by atoms with Gasteiger partial charge in [-0.25, -0.2) is 0 Å². The molecule has 4 heteroatoms. The molecule has 16 heavy (non-hydrogen) atoms. The van der Waals surface area contributed by atoms with Crippen molar-refractivity contribution >= 4 is 24.3 Å². The minimum absolute atomic E-state index is 0.317. The summed E-state index contributed by atoms with van der Waals surface area (Å²) in [5.41, 5.74) is 7.02. The number of ether oxygens (including phenoxy) is 1. The zero-order valence-corrected chi connectivity index (χ0v) is 10.2. The molecule has 1 aromatic carbocycles. The molecule has 88 valence electrons. The summed E-state index contributed by atoms with van der Waals surface area (Å²) in [7, 11) is 0. The summed E-state index contributed by atoms with van der Waals surface area (Å²) in [6.07, 6.45) is 1.88. The molecule has 0 spiro atoms. The van der Waals surface area contributed by atoms with Crippen LogP contribution in [0.3, 0.4) is 0 Å². The molecule has 0 bridgehead atoms. The van der Waals surface area contributed by atoms with Crippen LogP contribution < -0.4 is 5.73 Å². The van der Waals surface area contributed by atoms with Gasteiger partial charge in [0.05, 0.1) is 6.61 Å². The summed E-state index contributed by atoms with van der Waals surface area (Å²) in [5, 5.41) is -0.555. The number of nitrogen functional groups attached to an aromatic ring is 1. The van der Waals surface area contributed by atoms with Gasteiger partial charge in [-0.2, -0.15) is 12.6 Å². The fourth-order valence-corrected chi connectivity index (χ4v) is 1.50. The molecular weight excluding hydrogens is 222 g/mol. The Hall–Kier alpha value is -1.16. The van der Waals surface area contributed by atoms with Crippen molar-refractivity contribution in [3.8, 4) is 0 Å². The lowest BCUT2D eigenvalue weighted by Crippen LogP contribution is -2.12. The van der Waals surface area contributed by atoms with Gasteiger partial charge in [0.25, 0.3) is 0 Å². The second-order valence-electron chi connectivity index (χ2n) is 3.59. The number of nitrogens with two attached hydrogens (primary N) is 1. The predicted octanol–water partition coefficient (Wildman–Crippen LogP) is 2.58. The maximum absolute atomic E-state index is 11.6. The molecule has 2 N–H and O–H groups in total. The summed E-state index contributed by atoms with van der Waals surface area (Å²) in [6, 6.07) is 7.12. The normalized spacial score (nSPS) is 12.1. The molecule has 1 atom stereocenters. The summed E-state index contributed by atoms with van der Waals surface area (Å²) in [6.45, 7) is 2.50. The van der Waals surface area contributed by atoms with Gasteiger partial charge in [-0.3, -0.25) is 4.79 Å². The smallest absolute Gasteiger partial charge is 0.323 e. The molecule has 0 aliphatic heterocycles. The summed E-state index contributed by atoms with van der Waals surface area (Å²) < 4.78 is 5.08. The largest absolute Gasteiger partial charge is 0.465 e. The van der Waals surface area contributed by atoms with Crippen molar-refractivity contribution in [2.24, 2.45) is 0 Å². The highest BCUT2D eigenvalue weighted by Gasteiger charge is 2.17. The van der Waals surface area contributed by atoms with Crippen molar-refractivity contribution in [2.45, 2.75) is 25.0 Å². The third-order valence-electron chi connectivity index (χ3n) is 2.19. The monoisotopic (exact) mass is 239 g/mol. The molecule has 0 amide bonds. The van der Waals surface area contributed by atoms with Gasteiger partial charge in [0.2, 0.25) is 0 Å². The predicted molar refractivity (Wildman–Crippen MR) is 68.4 cm³/mol. The van der Waals surface area contributed by atoms with Gasteiger partial charge in [0.15, 0.2) is 0 Å². The molecule has 0 aliphatic carbocycles. The van der Waals surface area contributed by atoms with E-state index in [4.69, 9.17) is 10.5 Å². The number of carbonyl (C=O) groups excluding carboxylic acids is 1. The Morgan fingerprint density at radius 1 is 1.56 bits per heavy atom. The second kappa shape index (κ2) is 6.43. The lowest BCUT2D eigenvalue weighted by molar-refractivity contribution is -0.143. The molecule has 0 aromatic heterocycles. The molecule has 3 nitrogen and oxygen atoms in total. The quantitative estimate of drug-likeness (QED) is 0.359. The summed E-state index contributed by atoms with van der Waals surface area (Å²) in [5.74, 6) is -0.317. The van der Waals surface area contributed by atoms with E-state index in [9.17, 15) is 4.79 Å². The Morgan fingerprint density at radius 2 is 2.31 bits per heavy atom. The van der Waals surface area contributed by atoms with Crippen molar-refractivity contribution in [1.82, 2.24) is 0 Å². The Balaban J connectivity index is 2.56. The van der Waals surface area contributed by atoms with Crippen LogP contribution in [-0.4, -0.2) is 12.6 Å². The van der Waals surface area contributed by atoms with E-state index in [1.807, 2.05) is 13.0 Å². The van der Waals surface area contributed by atoms with E-state index in [1.165, 1.54) is 0 Å². The van der Waals surface area contributed by atoms with Crippen LogP contribution in [0.2, 0.25) is 0 Å². The van der Waals surface area contributed by atoms with Crippen molar-refractivity contribution in [3.05, 3.63) is 29.8 Å². The highest BCUT2D eigenvalue weighted by atomic mass is 32.1. The average molecular weight is 239 g/mol. The van der Waals surface area contributed by atoms with Gasteiger partial charge >= 0.3 is 5.97 Å². The lowest BCUT2D eigenvalue weighted by Gasteiger charge is -2.11. The van der Waals surface area contributed by atoms with Crippen LogP contribution in [-0.2, 0) is 9.53 Å². The van der Waals surface area contributed by atoms with Crippen molar-refractivity contribution in [1.29, 1.82) is 0 Å². The van der Waals surface area contributed by atoms with Gasteiger partial charge in [-0.05, 0) is 24.1 Å². The molecule has 1 aromatic rings. The first-order chi connectivity index (χ1) is 7.65. The molecular formula is C12H17NO2S. The van der Waals surface area contributed by atoms with Crippen molar-refractivity contribution in [3.63, 3.8) is 0 Å². The van der Waals surface area contributed by atoms with Crippen LogP contribution in [0.4, 0.5) is 5.69 Å². The molecule has 0 saturated heterocycles. The van der Waals surface area contributed by atoms with Gasteiger partial charge in [-0.1, -0.05) is 25.5 Å². The number of rotatable bonds is 5. The minimum Gasteiger partial charge on any atom is -0.465 e. The van der Waals surface area contributed by atoms with Crippen LogP contribution >= 0.6 is 12.6 Å².